The number of hydrogen-bond donors (Lipinski definition) is 1. The highest BCUT2D eigenvalue weighted by Gasteiger charge is 2.34. The molecule has 1 fully saturated rings. The van der Waals surface area contributed by atoms with E-state index in [1.165, 1.54) is 34.8 Å². The molecule has 1 aliphatic heterocycles. The molecule has 8 nitrogen and oxygen atoms in total. The summed E-state index contributed by atoms with van der Waals surface area (Å²) in [5, 5.41) is 6.98. The van der Waals surface area contributed by atoms with Gasteiger partial charge in [-0.1, -0.05) is 23.4 Å². The quantitative estimate of drug-likeness (QED) is 0.579. The van der Waals surface area contributed by atoms with Crippen LogP contribution in [0.3, 0.4) is 0 Å². The lowest BCUT2D eigenvalue weighted by molar-refractivity contribution is -0.137. The van der Waals surface area contributed by atoms with Gasteiger partial charge < -0.3 is 9.84 Å². The lowest BCUT2D eigenvalue weighted by atomic mass is 9.97. The van der Waals surface area contributed by atoms with Gasteiger partial charge >= 0.3 is 6.18 Å². The third-order valence-electron chi connectivity index (χ3n) is 5.96. The minimum absolute atomic E-state index is 0.0291. The average Bonchev–Trinajstić information content (AvgIpc) is 3.16. The number of halogens is 3. The molecule has 1 N–H and O–H groups in total. The number of amides is 1. The van der Waals surface area contributed by atoms with Gasteiger partial charge in [0.1, 0.15) is 0 Å². The standard InChI is InChI=1S/C22H23F3N4O4S/c1-13-19-16(20(30)26-12-14-7-9-29(10-8-14)34(2,31)32)11-18(27-21(19)33-28-13)15-5-3-4-6-17(15)22(23,24)25/h3-6,11,14H,7-10,12H2,1-2H3,(H,26,30). The zero-order valence-electron chi connectivity index (χ0n) is 18.5. The van der Waals surface area contributed by atoms with E-state index in [0.29, 0.717) is 43.6 Å². The van der Waals surface area contributed by atoms with E-state index < -0.39 is 27.7 Å². The van der Waals surface area contributed by atoms with Gasteiger partial charge in [0.05, 0.1) is 34.2 Å². The Bertz CT molecular complexity index is 1330. The molecule has 12 heteroatoms. The zero-order valence-corrected chi connectivity index (χ0v) is 19.3. The fraction of sp³-hybridized carbons (Fsp3) is 0.409. The molecule has 0 saturated carbocycles. The van der Waals surface area contributed by atoms with Gasteiger partial charge in [0.15, 0.2) is 0 Å². The topological polar surface area (TPSA) is 105 Å². The normalized spacial score (nSPS) is 16.1. The van der Waals surface area contributed by atoms with Gasteiger partial charge in [-0.25, -0.2) is 17.7 Å². The van der Waals surface area contributed by atoms with Crippen LogP contribution in [0.15, 0.2) is 34.9 Å². The van der Waals surface area contributed by atoms with Gasteiger partial charge in [0.2, 0.25) is 10.0 Å². The Hall–Kier alpha value is -2.99. The maximum absolute atomic E-state index is 13.6. The predicted octanol–water partition coefficient (Wildman–Crippen LogP) is 3.62. The number of aromatic nitrogens is 2. The molecule has 0 bridgehead atoms. The van der Waals surface area contributed by atoms with Gasteiger partial charge in [-0.2, -0.15) is 13.2 Å². The number of carbonyl (C=O) groups is 1. The van der Waals surface area contributed by atoms with Crippen LogP contribution in [-0.4, -0.2) is 54.7 Å². The van der Waals surface area contributed by atoms with E-state index >= 15 is 0 Å². The Balaban J connectivity index is 1.61. The fourth-order valence-corrected chi connectivity index (χ4v) is 5.02. The molecule has 182 valence electrons. The number of hydrogen-bond acceptors (Lipinski definition) is 6. The third kappa shape index (κ3) is 4.92. The number of alkyl halides is 3. The molecule has 0 radical (unpaired) electrons. The van der Waals surface area contributed by atoms with Crippen molar-refractivity contribution < 1.29 is 30.9 Å². The fourth-order valence-electron chi connectivity index (χ4n) is 4.14. The minimum Gasteiger partial charge on any atom is -0.352 e. The molecule has 1 aromatic carbocycles. The van der Waals surface area contributed by atoms with Gasteiger partial charge in [-0.3, -0.25) is 4.79 Å². The summed E-state index contributed by atoms with van der Waals surface area (Å²) in [6.07, 6.45) is -2.25. The first kappa shape index (κ1) is 24.1. The van der Waals surface area contributed by atoms with Crippen molar-refractivity contribution in [1.82, 2.24) is 19.8 Å². The summed E-state index contributed by atoms with van der Waals surface area (Å²) in [6.45, 7) is 2.68. The highest BCUT2D eigenvalue weighted by atomic mass is 32.2. The second-order valence-corrected chi connectivity index (χ2v) is 10.3. The molecular formula is C22H23F3N4O4S. The number of sulfonamides is 1. The van der Waals surface area contributed by atoms with E-state index in [1.54, 1.807) is 6.92 Å². The highest BCUT2D eigenvalue weighted by molar-refractivity contribution is 7.88. The molecule has 3 aromatic rings. The summed E-state index contributed by atoms with van der Waals surface area (Å²) < 4.78 is 70.6. The molecule has 0 atom stereocenters. The number of pyridine rings is 1. The van der Waals surface area contributed by atoms with Crippen molar-refractivity contribution in [3.8, 4) is 11.3 Å². The number of rotatable bonds is 5. The second-order valence-electron chi connectivity index (χ2n) is 8.36. The van der Waals surface area contributed by atoms with Crippen LogP contribution < -0.4 is 5.32 Å². The van der Waals surface area contributed by atoms with Crippen molar-refractivity contribution in [3.63, 3.8) is 0 Å². The number of nitrogens with one attached hydrogen (secondary N) is 1. The number of nitrogens with zero attached hydrogens (tertiary/aromatic N) is 3. The van der Waals surface area contributed by atoms with Gasteiger partial charge in [0, 0.05) is 25.2 Å². The molecule has 4 rings (SSSR count). The third-order valence-corrected chi connectivity index (χ3v) is 7.27. The summed E-state index contributed by atoms with van der Waals surface area (Å²) in [5.41, 5.74) is -0.619. The number of aryl methyl sites for hydroxylation is 1. The first-order valence-electron chi connectivity index (χ1n) is 10.6. The summed E-state index contributed by atoms with van der Waals surface area (Å²) >= 11 is 0. The molecular weight excluding hydrogens is 473 g/mol. The zero-order chi connectivity index (χ0) is 24.7. The summed E-state index contributed by atoms with van der Waals surface area (Å²) in [5.74, 6) is -0.414. The molecule has 34 heavy (non-hydrogen) atoms. The van der Waals surface area contributed by atoms with E-state index in [-0.39, 0.29) is 28.5 Å². The highest BCUT2D eigenvalue weighted by Crippen LogP contribution is 2.37. The van der Waals surface area contributed by atoms with Crippen LogP contribution in [-0.2, 0) is 16.2 Å². The second kappa shape index (κ2) is 8.99. The van der Waals surface area contributed by atoms with E-state index in [0.717, 1.165) is 6.07 Å². The lowest BCUT2D eigenvalue weighted by Crippen LogP contribution is -2.41. The van der Waals surface area contributed by atoms with Crippen molar-refractivity contribution in [2.24, 2.45) is 5.92 Å². The van der Waals surface area contributed by atoms with Crippen molar-refractivity contribution in [1.29, 1.82) is 0 Å². The summed E-state index contributed by atoms with van der Waals surface area (Å²) in [6, 6.07) is 6.31. The van der Waals surface area contributed by atoms with E-state index in [2.05, 4.69) is 15.5 Å². The van der Waals surface area contributed by atoms with Gasteiger partial charge in [0.25, 0.3) is 11.6 Å². The van der Waals surface area contributed by atoms with Crippen LogP contribution in [0.2, 0.25) is 0 Å². The van der Waals surface area contributed by atoms with Crippen LogP contribution in [0.5, 0.6) is 0 Å². The molecule has 0 spiro atoms. The number of carbonyl (C=O) groups excluding carboxylic acids is 1. The molecule has 0 unspecified atom stereocenters. The van der Waals surface area contributed by atoms with Crippen LogP contribution in [0, 0.1) is 12.8 Å². The SMILES string of the molecule is Cc1noc2nc(-c3ccccc3C(F)(F)F)cc(C(=O)NCC3CCN(S(C)(=O)=O)CC3)c12. The smallest absolute Gasteiger partial charge is 0.352 e. The molecule has 2 aromatic heterocycles. The first-order chi connectivity index (χ1) is 15.9. The minimum atomic E-state index is -4.60. The van der Waals surface area contributed by atoms with Crippen LogP contribution in [0.25, 0.3) is 22.4 Å². The maximum atomic E-state index is 13.6. The molecule has 0 aliphatic carbocycles. The van der Waals surface area contributed by atoms with Crippen molar-refractivity contribution in [3.05, 3.63) is 47.2 Å². The van der Waals surface area contributed by atoms with Crippen LogP contribution in [0.4, 0.5) is 13.2 Å². The maximum Gasteiger partial charge on any atom is 0.417 e. The largest absolute Gasteiger partial charge is 0.417 e. The predicted molar refractivity (Wildman–Crippen MR) is 118 cm³/mol. The van der Waals surface area contributed by atoms with Crippen molar-refractivity contribution >= 4 is 27.0 Å². The Morgan fingerprint density at radius 2 is 1.91 bits per heavy atom. The molecule has 3 heterocycles. The van der Waals surface area contributed by atoms with Crippen molar-refractivity contribution in [2.45, 2.75) is 25.9 Å². The van der Waals surface area contributed by atoms with Crippen molar-refractivity contribution in [2.75, 3.05) is 25.9 Å². The van der Waals surface area contributed by atoms with E-state index in [4.69, 9.17) is 4.52 Å². The number of piperidine rings is 1. The lowest BCUT2D eigenvalue weighted by Gasteiger charge is -2.30. The monoisotopic (exact) mass is 496 g/mol. The van der Waals surface area contributed by atoms with E-state index in [9.17, 15) is 26.4 Å². The molecule has 1 amide bonds. The Morgan fingerprint density at radius 1 is 1.24 bits per heavy atom. The van der Waals surface area contributed by atoms with E-state index in [1.807, 2.05) is 0 Å². The van der Waals surface area contributed by atoms with Gasteiger partial charge in [-0.05, 0) is 37.8 Å². The summed E-state index contributed by atoms with van der Waals surface area (Å²) in [7, 11) is -3.25. The number of fused-ring (bicyclic) bond motifs is 1. The van der Waals surface area contributed by atoms with Crippen LogP contribution >= 0.6 is 0 Å². The van der Waals surface area contributed by atoms with Gasteiger partial charge in [-0.15, -0.1) is 0 Å². The summed E-state index contributed by atoms with van der Waals surface area (Å²) in [4.78, 5) is 17.3. The van der Waals surface area contributed by atoms with Crippen LogP contribution in [0.1, 0.15) is 34.5 Å². The first-order valence-corrected chi connectivity index (χ1v) is 12.5. The number of benzene rings is 1. The Labute approximate surface area is 194 Å². The molecule has 1 saturated heterocycles. The average molecular weight is 497 g/mol. The molecule has 1 aliphatic rings. The Morgan fingerprint density at radius 3 is 2.56 bits per heavy atom. The Kier molecular flexibility index (Phi) is 6.38.